The van der Waals surface area contributed by atoms with Crippen molar-refractivity contribution < 1.29 is 0 Å². The van der Waals surface area contributed by atoms with Crippen LogP contribution >= 0.6 is 0 Å². The molecule has 3 aliphatic heterocycles. The maximum absolute atomic E-state index is 6.38. The van der Waals surface area contributed by atoms with E-state index >= 15 is 0 Å². The van der Waals surface area contributed by atoms with Gasteiger partial charge in [-0.25, -0.2) is 4.98 Å². The monoisotopic (exact) mass is 247 g/mol. The summed E-state index contributed by atoms with van der Waals surface area (Å²) in [7, 11) is 0. The Bertz CT molecular complexity index is 414. The molecule has 2 atom stereocenters. The predicted molar refractivity (Wildman–Crippen MR) is 72.1 cm³/mol. The van der Waals surface area contributed by atoms with E-state index in [2.05, 4.69) is 14.8 Å². The highest BCUT2D eigenvalue weighted by atomic mass is 15.3. The summed E-state index contributed by atoms with van der Waals surface area (Å²) in [6, 6.07) is 4.56. The number of fused-ring (bicyclic) bond motifs is 3. The van der Waals surface area contributed by atoms with Crippen molar-refractivity contribution in [2.75, 3.05) is 38.5 Å². The van der Waals surface area contributed by atoms with Crippen LogP contribution in [0.2, 0.25) is 0 Å². The second kappa shape index (κ2) is 4.84. The molecule has 2 unspecified atom stereocenters. The average Bonchev–Trinajstić information content (AvgIpc) is 2.42. The highest BCUT2D eigenvalue weighted by Crippen LogP contribution is 2.20. The van der Waals surface area contributed by atoms with Crippen molar-refractivity contribution in [2.45, 2.75) is 18.5 Å². The molecule has 0 amide bonds. The van der Waals surface area contributed by atoms with Crippen LogP contribution in [0.4, 0.5) is 5.82 Å². The molecule has 1 aromatic rings. The predicted octanol–water partition coefficient (Wildman–Crippen LogP) is -0.467. The number of nitrogens with two attached hydrogens (primary N) is 2. The summed E-state index contributed by atoms with van der Waals surface area (Å²) in [5.41, 5.74) is 13.3. The van der Waals surface area contributed by atoms with Crippen molar-refractivity contribution in [1.82, 2.24) is 14.8 Å². The third-order valence-corrected chi connectivity index (χ3v) is 4.20. The summed E-state index contributed by atoms with van der Waals surface area (Å²) in [5.74, 6) is 0.615. The average molecular weight is 247 g/mol. The number of aromatic nitrogens is 1. The molecule has 0 spiro atoms. The molecule has 5 nitrogen and oxygen atoms in total. The quantitative estimate of drug-likeness (QED) is 0.756. The first-order valence-electron chi connectivity index (χ1n) is 6.65. The van der Waals surface area contributed by atoms with E-state index in [0.29, 0.717) is 11.9 Å². The molecule has 3 fully saturated rings. The van der Waals surface area contributed by atoms with Crippen LogP contribution in [0.5, 0.6) is 0 Å². The third kappa shape index (κ3) is 2.21. The van der Waals surface area contributed by atoms with Gasteiger partial charge in [0, 0.05) is 51.0 Å². The first-order valence-corrected chi connectivity index (χ1v) is 6.65. The van der Waals surface area contributed by atoms with E-state index in [0.717, 1.165) is 31.6 Å². The lowest BCUT2D eigenvalue weighted by atomic mass is 9.95. The normalized spacial score (nSPS) is 32.4. The fourth-order valence-corrected chi connectivity index (χ4v) is 3.08. The Morgan fingerprint density at radius 3 is 2.72 bits per heavy atom. The van der Waals surface area contributed by atoms with Gasteiger partial charge in [0.1, 0.15) is 5.82 Å². The van der Waals surface area contributed by atoms with E-state index in [1.54, 1.807) is 6.20 Å². The van der Waals surface area contributed by atoms with Crippen molar-refractivity contribution >= 4 is 5.82 Å². The Labute approximate surface area is 108 Å². The van der Waals surface area contributed by atoms with Crippen LogP contribution in [0.1, 0.15) is 5.56 Å². The molecule has 3 saturated heterocycles. The summed E-state index contributed by atoms with van der Waals surface area (Å²) in [4.78, 5) is 9.16. The molecule has 0 radical (unpaired) electrons. The van der Waals surface area contributed by atoms with Gasteiger partial charge < -0.3 is 11.5 Å². The van der Waals surface area contributed by atoms with E-state index in [9.17, 15) is 0 Å². The van der Waals surface area contributed by atoms with Crippen LogP contribution in [-0.2, 0) is 6.42 Å². The lowest BCUT2D eigenvalue weighted by molar-refractivity contribution is 0.00260. The van der Waals surface area contributed by atoms with Crippen LogP contribution in [0.25, 0.3) is 0 Å². The number of piperazine rings is 3. The first kappa shape index (κ1) is 11.9. The number of nitrogen functional groups attached to an aromatic ring is 1. The molecule has 0 aromatic carbocycles. The van der Waals surface area contributed by atoms with Crippen molar-refractivity contribution in [1.29, 1.82) is 0 Å². The Kier molecular flexibility index (Phi) is 3.20. The Morgan fingerprint density at radius 1 is 1.33 bits per heavy atom. The van der Waals surface area contributed by atoms with Crippen LogP contribution in [0.15, 0.2) is 18.3 Å². The second-order valence-electron chi connectivity index (χ2n) is 5.32. The minimum absolute atomic E-state index is 0.139. The summed E-state index contributed by atoms with van der Waals surface area (Å²) in [6.45, 7) is 5.79. The van der Waals surface area contributed by atoms with Crippen molar-refractivity contribution in [3.05, 3.63) is 23.9 Å². The third-order valence-electron chi connectivity index (χ3n) is 4.20. The molecule has 5 heteroatoms. The second-order valence-corrected chi connectivity index (χ2v) is 5.32. The van der Waals surface area contributed by atoms with Crippen molar-refractivity contribution in [2.24, 2.45) is 5.73 Å². The van der Waals surface area contributed by atoms with Gasteiger partial charge in [0.15, 0.2) is 0 Å². The smallest absolute Gasteiger partial charge is 0.126 e. The van der Waals surface area contributed by atoms with Crippen LogP contribution in [0.3, 0.4) is 0 Å². The summed E-state index contributed by atoms with van der Waals surface area (Å²) in [5, 5.41) is 0. The molecule has 1 aromatic heterocycles. The zero-order valence-corrected chi connectivity index (χ0v) is 10.6. The van der Waals surface area contributed by atoms with Crippen LogP contribution < -0.4 is 11.5 Å². The summed E-state index contributed by atoms with van der Waals surface area (Å²) < 4.78 is 0. The van der Waals surface area contributed by atoms with Gasteiger partial charge in [-0.3, -0.25) is 9.80 Å². The molecule has 98 valence electrons. The van der Waals surface area contributed by atoms with E-state index in [4.69, 9.17) is 11.5 Å². The minimum Gasteiger partial charge on any atom is -0.383 e. The molecule has 3 aliphatic rings. The molecular formula is C13H21N5. The molecular weight excluding hydrogens is 226 g/mol. The minimum atomic E-state index is 0.139. The van der Waals surface area contributed by atoms with Gasteiger partial charge in [-0.15, -0.1) is 0 Å². The highest BCUT2D eigenvalue weighted by molar-refractivity contribution is 5.39. The molecule has 4 N–H and O–H groups in total. The largest absolute Gasteiger partial charge is 0.383 e. The molecule has 4 rings (SSSR count). The zero-order chi connectivity index (χ0) is 12.5. The number of hydrogen-bond acceptors (Lipinski definition) is 5. The van der Waals surface area contributed by atoms with Gasteiger partial charge in [-0.1, -0.05) is 6.07 Å². The molecule has 2 bridgehead atoms. The number of pyridine rings is 1. The molecule has 0 aliphatic carbocycles. The fourth-order valence-electron chi connectivity index (χ4n) is 3.08. The van der Waals surface area contributed by atoms with Gasteiger partial charge in [0.05, 0.1) is 0 Å². The maximum atomic E-state index is 6.38. The van der Waals surface area contributed by atoms with Gasteiger partial charge in [-0.2, -0.15) is 0 Å². The van der Waals surface area contributed by atoms with E-state index < -0.39 is 0 Å². The SMILES string of the molecule is Nc1ncccc1CC(N)C1CN2CCN1CC2. The molecule has 4 heterocycles. The topological polar surface area (TPSA) is 71.4 Å². The van der Waals surface area contributed by atoms with Gasteiger partial charge in [0.25, 0.3) is 0 Å². The van der Waals surface area contributed by atoms with Gasteiger partial charge in [-0.05, 0) is 18.1 Å². The number of anilines is 1. The fraction of sp³-hybridized carbons (Fsp3) is 0.615. The van der Waals surface area contributed by atoms with Crippen LogP contribution in [0, 0.1) is 0 Å². The van der Waals surface area contributed by atoms with E-state index in [1.807, 2.05) is 12.1 Å². The number of nitrogens with zero attached hydrogens (tertiary/aromatic N) is 3. The lowest BCUT2D eigenvalue weighted by Crippen LogP contribution is -2.66. The van der Waals surface area contributed by atoms with E-state index in [-0.39, 0.29) is 6.04 Å². The highest BCUT2D eigenvalue weighted by Gasteiger charge is 2.35. The first-order chi connectivity index (χ1) is 8.74. The van der Waals surface area contributed by atoms with Gasteiger partial charge >= 0.3 is 0 Å². The van der Waals surface area contributed by atoms with Crippen molar-refractivity contribution in [3.63, 3.8) is 0 Å². The van der Waals surface area contributed by atoms with Gasteiger partial charge in [0.2, 0.25) is 0 Å². The summed E-state index contributed by atoms with van der Waals surface area (Å²) >= 11 is 0. The molecule has 0 saturated carbocycles. The van der Waals surface area contributed by atoms with E-state index in [1.165, 1.54) is 13.1 Å². The Balaban J connectivity index is 1.68. The zero-order valence-electron chi connectivity index (χ0n) is 10.6. The number of rotatable bonds is 3. The standard InChI is InChI=1S/C13H21N5/c14-11(8-10-2-1-3-16-13(10)15)12-9-17-4-6-18(12)7-5-17/h1-3,11-12H,4-9,14H2,(H2,15,16). The lowest BCUT2D eigenvalue weighted by Gasteiger charge is -2.49. The maximum Gasteiger partial charge on any atom is 0.126 e. The molecule has 18 heavy (non-hydrogen) atoms. The summed E-state index contributed by atoms with van der Waals surface area (Å²) in [6.07, 6.45) is 2.54. The Hall–Kier alpha value is -1.17. The number of hydrogen-bond donors (Lipinski definition) is 2. The van der Waals surface area contributed by atoms with Crippen molar-refractivity contribution in [3.8, 4) is 0 Å². The Morgan fingerprint density at radius 2 is 2.11 bits per heavy atom. The van der Waals surface area contributed by atoms with Crippen LogP contribution in [-0.4, -0.2) is 59.6 Å².